The van der Waals surface area contributed by atoms with Crippen molar-refractivity contribution in [3.05, 3.63) is 38.4 Å². The van der Waals surface area contributed by atoms with Crippen LogP contribution >= 0.6 is 22.9 Å². The summed E-state index contributed by atoms with van der Waals surface area (Å²) < 4.78 is 37.8. The summed E-state index contributed by atoms with van der Waals surface area (Å²) in [5.74, 6) is 0.0565. The maximum absolute atomic E-state index is 12.6. The van der Waals surface area contributed by atoms with Crippen LogP contribution in [0, 0.1) is 13.8 Å². The highest BCUT2D eigenvalue weighted by molar-refractivity contribution is 7.12. The Bertz CT molecular complexity index is 605. The minimum Gasteiger partial charge on any atom is -0.365 e. The van der Waals surface area contributed by atoms with Crippen LogP contribution in [0.25, 0.3) is 0 Å². The number of alkyl halides is 3. The van der Waals surface area contributed by atoms with Crippen LogP contribution in [0.2, 0.25) is 5.28 Å². The monoisotopic (exact) mass is 321 g/mol. The van der Waals surface area contributed by atoms with E-state index in [-0.39, 0.29) is 5.82 Å². The zero-order chi connectivity index (χ0) is 14.9. The van der Waals surface area contributed by atoms with E-state index in [4.69, 9.17) is 11.6 Å². The number of hydrogen-bond acceptors (Lipinski definition) is 4. The molecule has 0 fully saturated rings. The van der Waals surface area contributed by atoms with Gasteiger partial charge >= 0.3 is 6.18 Å². The number of anilines is 1. The maximum Gasteiger partial charge on any atom is 0.433 e. The largest absolute Gasteiger partial charge is 0.433 e. The Kier molecular flexibility index (Phi) is 4.19. The predicted octanol–water partition coefficient (Wildman–Crippen LogP) is 4.44. The van der Waals surface area contributed by atoms with Crippen molar-refractivity contribution in [2.45, 2.75) is 26.6 Å². The van der Waals surface area contributed by atoms with Crippen molar-refractivity contribution >= 4 is 28.8 Å². The average Bonchev–Trinajstić information content (AvgIpc) is 2.65. The molecule has 0 unspecified atom stereocenters. The molecule has 0 bridgehead atoms. The van der Waals surface area contributed by atoms with E-state index in [2.05, 4.69) is 15.3 Å². The number of aryl methyl sites for hydroxylation is 2. The lowest BCUT2D eigenvalue weighted by Crippen LogP contribution is -2.11. The second-order valence-corrected chi connectivity index (χ2v) is 5.89. The first-order chi connectivity index (χ1) is 9.25. The van der Waals surface area contributed by atoms with Gasteiger partial charge in [-0.15, -0.1) is 11.3 Å². The lowest BCUT2D eigenvalue weighted by Gasteiger charge is -2.09. The van der Waals surface area contributed by atoms with Gasteiger partial charge in [-0.05, 0) is 37.1 Å². The topological polar surface area (TPSA) is 37.8 Å². The standard InChI is InChI=1S/C12H11ClF3N3S/c1-6-3-8(20-7(6)2)5-17-10-4-9(12(14,15)16)18-11(13)19-10/h3-4H,5H2,1-2H3,(H,17,18,19). The Balaban J connectivity index is 2.15. The molecular formula is C12H11ClF3N3S. The minimum absolute atomic E-state index is 0.0565. The van der Waals surface area contributed by atoms with Crippen LogP contribution in [0.4, 0.5) is 19.0 Å². The van der Waals surface area contributed by atoms with Gasteiger partial charge in [-0.2, -0.15) is 13.2 Å². The van der Waals surface area contributed by atoms with Gasteiger partial charge in [0.1, 0.15) is 5.82 Å². The molecule has 0 radical (unpaired) electrons. The molecule has 0 aliphatic carbocycles. The summed E-state index contributed by atoms with van der Waals surface area (Å²) in [6.07, 6.45) is -4.54. The van der Waals surface area contributed by atoms with Crippen molar-refractivity contribution in [3.8, 4) is 0 Å². The van der Waals surface area contributed by atoms with Crippen LogP contribution < -0.4 is 5.32 Å². The molecular weight excluding hydrogens is 311 g/mol. The molecule has 2 aromatic rings. The summed E-state index contributed by atoms with van der Waals surface area (Å²) in [4.78, 5) is 9.11. The third-order valence-corrected chi connectivity index (χ3v) is 3.97. The fourth-order valence-electron chi connectivity index (χ4n) is 1.57. The number of hydrogen-bond donors (Lipinski definition) is 1. The van der Waals surface area contributed by atoms with E-state index in [1.54, 1.807) is 11.3 Å². The second-order valence-electron chi connectivity index (χ2n) is 4.21. The number of nitrogens with zero attached hydrogens (tertiary/aromatic N) is 2. The van der Waals surface area contributed by atoms with Crippen molar-refractivity contribution in [1.29, 1.82) is 0 Å². The first kappa shape index (κ1) is 15.1. The van der Waals surface area contributed by atoms with E-state index >= 15 is 0 Å². The Labute approximate surface area is 122 Å². The van der Waals surface area contributed by atoms with Crippen molar-refractivity contribution in [1.82, 2.24) is 9.97 Å². The van der Waals surface area contributed by atoms with Gasteiger partial charge in [-0.1, -0.05) is 0 Å². The maximum atomic E-state index is 12.6. The number of thiophene rings is 1. The quantitative estimate of drug-likeness (QED) is 0.849. The summed E-state index contributed by atoms with van der Waals surface area (Å²) in [7, 11) is 0. The van der Waals surface area contributed by atoms with Crippen LogP contribution in [-0.2, 0) is 12.7 Å². The molecule has 2 aromatic heterocycles. The first-order valence-electron chi connectivity index (χ1n) is 5.67. The summed E-state index contributed by atoms with van der Waals surface area (Å²) in [5, 5.41) is 2.40. The van der Waals surface area contributed by atoms with Crippen LogP contribution in [-0.4, -0.2) is 9.97 Å². The number of rotatable bonds is 3. The molecule has 0 atom stereocenters. The van der Waals surface area contributed by atoms with Crippen molar-refractivity contribution in [3.63, 3.8) is 0 Å². The van der Waals surface area contributed by atoms with Crippen LogP contribution in [0.3, 0.4) is 0 Å². The van der Waals surface area contributed by atoms with Gasteiger partial charge in [0.25, 0.3) is 0 Å². The predicted molar refractivity (Wildman–Crippen MR) is 73.2 cm³/mol. The number of halogens is 4. The highest BCUT2D eigenvalue weighted by Gasteiger charge is 2.33. The highest BCUT2D eigenvalue weighted by atomic mass is 35.5. The molecule has 0 saturated carbocycles. The fourth-order valence-corrected chi connectivity index (χ4v) is 2.74. The summed E-state index contributed by atoms with van der Waals surface area (Å²) in [5.41, 5.74) is 0.0991. The zero-order valence-corrected chi connectivity index (χ0v) is 12.2. The van der Waals surface area contributed by atoms with Gasteiger partial charge in [0.05, 0.1) is 6.54 Å². The molecule has 108 valence electrons. The van der Waals surface area contributed by atoms with Gasteiger partial charge in [0.2, 0.25) is 5.28 Å². The molecule has 0 aliphatic rings. The molecule has 8 heteroatoms. The van der Waals surface area contributed by atoms with Crippen molar-refractivity contribution in [2.75, 3.05) is 5.32 Å². The molecule has 0 saturated heterocycles. The first-order valence-corrected chi connectivity index (χ1v) is 6.86. The Morgan fingerprint density at radius 2 is 1.95 bits per heavy atom. The van der Waals surface area contributed by atoms with E-state index in [0.717, 1.165) is 16.5 Å². The van der Waals surface area contributed by atoms with Gasteiger partial charge < -0.3 is 5.32 Å². The fraction of sp³-hybridized carbons (Fsp3) is 0.333. The molecule has 20 heavy (non-hydrogen) atoms. The lowest BCUT2D eigenvalue weighted by molar-refractivity contribution is -0.141. The number of nitrogens with one attached hydrogen (secondary N) is 1. The molecule has 0 aromatic carbocycles. The van der Waals surface area contributed by atoms with Crippen LogP contribution in [0.1, 0.15) is 21.0 Å². The Morgan fingerprint density at radius 3 is 2.50 bits per heavy atom. The third kappa shape index (κ3) is 3.61. The zero-order valence-electron chi connectivity index (χ0n) is 10.7. The van der Waals surface area contributed by atoms with E-state index in [1.807, 2.05) is 19.9 Å². The van der Waals surface area contributed by atoms with Crippen LogP contribution in [0.5, 0.6) is 0 Å². The molecule has 0 aliphatic heterocycles. The van der Waals surface area contributed by atoms with Crippen LogP contribution in [0.15, 0.2) is 12.1 Å². The molecule has 3 nitrogen and oxygen atoms in total. The third-order valence-electron chi connectivity index (χ3n) is 2.65. The van der Waals surface area contributed by atoms with Gasteiger partial charge in [-0.3, -0.25) is 0 Å². The normalized spacial score (nSPS) is 11.7. The Hall–Kier alpha value is -1.34. The Morgan fingerprint density at radius 1 is 1.25 bits per heavy atom. The summed E-state index contributed by atoms with van der Waals surface area (Å²) in [6.45, 7) is 4.37. The van der Waals surface area contributed by atoms with E-state index < -0.39 is 17.2 Å². The van der Waals surface area contributed by atoms with Gasteiger partial charge in [-0.25, -0.2) is 9.97 Å². The van der Waals surface area contributed by atoms with E-state index in [0.29, 0.717) is 6.54 Å². The number of aromatic nitrogens is 2. The van der Waals surface area contributed by atoms with E-state index in [9.17, 15) is 13.2 Å². The second kappa shape index (κ2) is 5.57. The van der Waals surface area contributed by atoms with Gasteiger partial charge in [0, 0.05) is 15.8 Å². The van der Waals surface area contributed by atoms with Crippen molar-refractivity contribution < 1.29 is 13.2 Å². The molecule has 2 rings (SSSR count). The van der Waals surface area contributed by atoms with Gasteiger partial charge in [0.15, 0.2) is 5.69 Å². The SMILES string of the molecule is Cc1cc(CNc2cc(C(F)(F)F)nc(Cl)n2)sc1C. The van der Waals surface area contributed by atoms with Crippen molar-refractivity contribution in [2.24, 2.45) is 0 Å². The van der Waals surface area contributed by atoms with E-state index in [1.165, 1.54) is 4.88 Å². The minimum atomic E-state index is -4.54. The smallest absolute Gasteiger partial charge is 0.365 e. The average molecular weight is 322 g/mol. The lowest BCUT2D eigenvalue weighted by atomic mass is 10.3. The summed E-state index contributed by atoms with van der Waals surface area (Å²) >= 11 is 7.09. The molecule has 1 N–H and O–H groups in total. The highest BCUT2D eigenvalue weighted by Crippen LogP contribution is 2.30. The molecule has 2 heterocycles. The molecule has 0 spiro atoms. The molecule has 0 amide bonds. The summed E-state index contributed by atoms with van der Waals surface area (Å²) in [6, 6.07) is 2.83.